The second-order valence-corrected chi connectivity index (χ2v) is 9.34. The number of aryl methyl sites for hydroxylation is 1. The Morgan fingerprint density at radius 1 is 1.00 bits per heavy atom. The molecule has 0 saturated carbocycles. The molecule has 28 heavy (non-hydrogen) atoms. The molecule has 3 rings (SSSR count). The number of carbonyl (C=O) groups excluding carboxylic acids is 1. The molecule has 1 fully saturated rings. The highest BCUT2D eigenvalue weighted by atomic mass is 32.2. The lowest BCUT2D eigenvalue weighted by atomic mass is 10.1. The molecule has 0 spiro atoms. The third-order valence-corrected chi connectivity index (χ3v) is 7.01. The van der Waals surface area contributed by atoms with E-state index in [1.807, 2.05) is 50.2 Å². The molecule has 0 atom stereocenters. The molecular formula is C21H27N3O3S. The number of sulfonamides is 1. The maximum absolute atomic E-state index is 12.8. The lowest BCUT2D eigenvalue weighted by molar-refractivity contribution is 0.0924. The summed E-state index contributed by atoms with van der Waals surface area (Å²) in [6, 6.07) is 14.3. The second kappa shape index (κ2) is 8.32. The van der Waals surface area contributed by atoms with Crippen molar-refractivity contribution >= 4 is 21.6 Å². The molecule has 1 heterocycles. The number of amides is 1. The van der Waals surface area contributed by atoms with Gasteiger partial charge in [-0.25, -0.2) is 8.42 Å². The first-order valence-corrected chi connectivity index (χ1v) is 10.9. The van der Waals surface area contributed by atoms with Crippen molar-refractivity contribution in [3.63, 3.8) is 0 Å². The quantitative estimate of drug-likeness (QED) is 0.836. The van der Waals surface area contributed by atoms with Crippen LogP contribution in [0, 0.1) is 6.92 Å². The first-order chi connectivity index (χ1) is 13.3. The van der Waals surface area contributed by atoms with E-state index in [0.717, 1.165) is 11.3 Å². The zero-order chi connectivity index (χ0) is 20.3. The Labute approximate surface area is 167 Å². The van der Waals surface area contributed by atoms with Crippen molar-refractivity contribution in [2.45, 2.75) is 30.7 Å². The van der Waals surface area contributed by atoms with Crippen molar-refractivity contribution in [1.29, 1.82) is 0 Å². The summed E-state index contributed by atoms with van der Waals surface area (Å²) in [5.74, 6) is -0.120. The highest BCUT2D eigenvalue weighted by Gasteiger charge is 2.30. The van der Waals surface area contributed by atoms with Crippen LogP contribution in [-0.4, -0.2) is 51.9 Å². The molecular weight excluding hydrogens is 374 g/mol. The van der Waals surface area contributed by atoms with Gasteiger partial charge in [0.05, 0.1) is 4.90 Å². The highest BCUT2D eigenvalue weighted by Crippen LogP contribution is 2.21. The van der Waals surface area contributed by atoms with E-state index in [9.17, 15) is 13.2 Å². The number of hydrogen-bond donors (Lipinski definition) is 1. The Bertz CT molecular complexity index is 914. The summed E-state index contributed by atoms with van der Waals surface area (Å²) in [5, 5.41) is 3.03. The van der Waals surface area contributed by atoms with E-state index in [4.69, 9.17) is 0 Å². The Morgan fingerprint density at radius 3 is 2.11 bits per heavy atom. The molecule has 0 radical (unpaired) electrons. The van der Waals surface area contributed by atoms with Crippen LogP contribution in [0.5, 0.6) is 0 Å². The van der Waals surface area contributed by atoms with E-state index in [-0.39, 0.29) is 11.9 Å². The van der Waals surface area contributed by atoms with E-state index in [2.05, 4.69) is 5.32 Å². The van der Waals surface area contributed by atoms with Crippen LogP contribution < -0.4 is 10.2 Å². The molecule has 0 aromatic heterocycles. The smallest absolute Gasteiger partial charge is 0.251 e. The van der Waals surface area contributed by atoms with Gasteiger partial charge in [-0.15, -0.1) is 0 Å². The van der Waals surface area contributed by atoms with Gasteiger partial charge in [0.2, 0.25) is 10.0 Å². The van der Waals surface area contributed by atoms with E-state index in [0.29, 0.717) is 36.4 Å². The number of hydrogen-bond acceptors (Lipinski definition) is 4. The molecule has 6 nitrogen and oxygen atoms in total. The molecule has 0 bridgehead atoms. The van der Waals surface area contributed by atoms with Gasteiger partial charge in [0, 0.05) is 44.5 Å². The van der Waals surface area contributed by atoms with Crippen LogP contribution in [0.3, 0.4) is 0 Å². The zero-order valence-corrected chi connectivity index (χ0v) is 17.4. The second-order valence-electron chi connectivity index (χ2n) is 7.41. The Kier molecular flexibility index (Phi) is 6.05. The van der Waals surface area contributed by atoms with Gasteiger partial charge >= 0.3 is 0 Å². The topological polar surface area (TPSA) is 69.7 Å². The van der Waals surface area contributed by atoms with Crippen molar-refractivity contribution in [1.82, 2.24) is 9.62 Å². The average molecular weight is 402 g/mol. The fourth-order valence-electron chi connectivity index (χ4n) is 3.28. The molecule has 1 aliphatic rings. The van der Waals surface area contributed by atoms with Gasteiger partial charge < -0.3 is 10.2 Å². The third-order valence-electron chi connectivity index (χ3n) is 5.09. The van der Waals surface area contributed by atoms with Crippen molar-refractivity contribution < 1.29 is 13.2 Å². The minimum atomic E-state index is -3.48. The van der Waals surface area contributed by atoms with Gasteiger partial charge in [-0.05, 0) is 56.2 Å². The number of benzene rings is 2. The van der Waals surface area contributed by atoms with Crippen LogP contribution in [0.15, 0.2) is 53.4 Å². The number of piperidine rings is 1. The van der Waals surface area contributed by atoms with Crippen molar-refractivity contribution in [3.8, 4) is 0 Å². The van der Waals surface area contributed by atoms with Crippen LogP contribution in [-0.2, 0) is 10.0 Å². The summed E-state index contributed by atoms with van der Waals surface area (Å²) in [5.41, 5.74) is 2.67. The number of nitrogens with one attached hydrogen (secondary N) is 1. The van der Waals surface area contributed by atoms with Crippen LogP contribution in [0.1, 0.15) is 28.8 Å². The summed E-state index contributed by atoms with van der Waals surface area (Å²) in [6.45, 7) is 2.74. The largest absolute Gasteiger partial charge is 0.378 e. The fraction of sp³-hybridized carbons (Fsp3) is 0.381. The standard InChI is InChI=1S/C21H27N3O3S/c1-16-4-10-20(11-5-16)28(26,27)24-14-12-18(13-15-24)22-21(25)17-6-8-19(9-7-17)23(2)3/h4-11,18H,12-15H2,1-3H3,(H,22,25). The van der Waals surface area contributed by atoms with Crippen LogP contribution in [0.4, 0.5) is 5.69 Å². The van der Waals surface area contributed by atoms with E-state index < -0.39 is 10.0 Å². The predicted molar refractivity (Wildman–Crippen MR) is 111 cm³/mol. The summed E-state index contributed by atoms with van der Waals surface area (Å²) in [7, 11) is 0.424. The Balaban J connectivity index is 1.57. The summed E-state index contributed by atoms with van der Waals surface area (Å²) >= 11 is 0. The zero-order valence-electron chi connectivity index (χ0n) is 16.6. The number of carbonyl (C=O) groups is 1. The van der Waals surface area contributed by atoms with E-state index in [1.54, 1.807) is 24.3 Å². The molecule has 1 aliphatic heterocycles. The van der Waals surface area contributed by atoms with Crippen LogP contribution in [0.2, 0.25) is 0 Å². The van der Waals surface area contributed by atoms with Crippen LogP contribution >= 0.6 is 0 Å². The summed E-state index contributed by atoms with van der Waals surface area (Å²) < 4.78 is 27.0. The monoisotopic (exact) mass is 401 g/mol. The average Bonchev–Trinajstić information content (AvgIpc) is 2.69. The number of anilines is 1. The lowest BCUT2D eigenvalue weighted by Gasteiger charge is -2.31. The van der Waals surface area contributed by atoms with Gasteiger partial charge in [-0.2, -0.15) is 4.31 Å². The normalized spacial score (nSPS) is 16.0. The number of rotatable bonds is 5. The minimum Gasteiger partial charge on any atom is -0.378 e. The van der Waals surface area contributed by atoms with Crippen molar-refractivity contribution in [3.05, 3.63) is 59.7 Å². The summed E-state index contributed by atoms with van der Waals surface area (Å²) in [6.07, 6.45) is 1.21. The maximum atomic E-state index is 12.8. The molecule has 1 N–H and O–H groups in total. The van der Waals surface area contributed by atoms with Crippen molar-refractivity contribution in [2.75, 3.05) is 32.1 Å². The number of nitrogens with zero attached hydrogens (tertiary/aromatic N) is 2. The van der Waals surface area contributed by atoms with Gasteiger partial charge in [0.1, 0.15) is 0 Å². The summed E-state index contributed by atoms with van der Waals surface area (Å²) in [4.78, 5) is 14.8. The Hall–Kier alpha value is -2.38. The van der Waals surface area contributed by atoms with Gasteiger partial charge in [-0.1, -0.05) is 17.7 Å². The minimum absolute atomic E-state index is 0.0227. The van der Waals surface area contributed by atoms with E-state index >= 15 is 0 Å². The maximum Gasteiger partial charge on any atom is 0.251 e. The first kappa shape index (κ1) is 20.4. The highest BCUT2D eigenvalue weighted by molar-refractivity contribution is 7.89. The van der Waals surface area contributed by atoms with Crippen molar-refractivity contribution in [2.24, 2.45) is 0 Å². The molecule has 150 valence electrons. The Morgan fingerprint density at radius 2 is 1.57 bits per heavy atom. The van der Waals surface area contributed by atoms with Crippen LogP contribution in [0.25, 0.3) is 0 Å². The molecule has 0 unspecified atom stereocenters. The third kappa shape index (κ3) is 4.54. The molecule has 2 aromatic rings. The van der Waals surface area contributed by atoms with E-state index in [1.165, 1.54) is 4.31 Å². The predicted octanol–water partition coefficient (Wildman–Crippen LogP) is 2.64. The van der Waals surface area contributed by atoms with Gasteiger partial charge in [0.25, 0.3) is 5.91 Å². The molecule has 1 amide bonds. The molecule has 1 saturated heterocycles. The fourth-order valence-corrected chi connectivity index (χ4v) is 4.75. The van der Waals surface area contributed by atoms with Gasteiger partial charge in [-0.3, -0.25) is 4.79 Å². The lowest BCUT2D eigenvalue weighted by Crippen LogP contribution is -2.46. The van der Waals surface area contributed by atoms with Gasteiger partial charge in [0.15, 0.2) is 0 Å². The molecule has 7 heteroatoms. The first-order valence-electron chi connectivity index (χ1n) is 9.42. The molecule has 0 aliphatic carbocycles. The molecule has 2 aromatic carbocycles. The SMILES string of the molecule is Cc1ccc(S(=O)(=O)N2CCC(NC(=O)c3ccc(N(C)C)cc3)CC2)cc1.